The molecule has 0 bridgehead atoms. The molecule has 0 atom stereocenters. The third-order valence-electron chi connectivity index (χ3n) is 3.73. The zero-order valence-corrected chi connectivity index (χ0v) is 11.3. The standard InChI is InChI=1S/C12H19N3O2S/c1-2-12(6-7-12)8-15-9-4-3-5-10(11(9)13)18(14,16)17/h3-5,15H,2,6-8,13H2,1H3,(H2,14,16,17). The number of nitrogens with one attached hydrogen (secondary N) is 1. The molecule has 5 N–H and O–H groups in total. The number of benzene rings is 1. The highest BCUT2D eigenvalue weighted by Crippen LogP contribution is 2.48. The summed E-state index contributed by atoms with van der Waals surface area (Å²) in [5.74, 6) is 0. The van der Waals surface area contributed by atoms with Gasteiger partial charge in [-0.3, -0.25) is 0 Å². The van der Waals surface area contributed by atoms with E-state index in [1.807, 2.05) is 0 Å². The molecule has 0 amide bonds. The van der Waals surface area contributed by atoms with Crippen molar-refractivity contribution in [3.63, 3.8) is 0 Å². The van der Waals surface area contributed by atoms with Crippen molar-refractivity contribution in [3.05, 3.63) is 18.2 Å². The molecule has 0 unspecified atom stereocenters. The number of anilines is 2. The summed E-state index contributed by atoms with van der Waals surface area (Å²) >= 11 is 0. The van der Waals surface area contributed by atoms with E-state index in [0.717, 1.165) is 13.0 Å². The Kier molecular flexibility index (Phi) is 3.25. The van der Waals surface area contributed by atoms with E-state index >= 15 is 0 Å². The minimum absolute atomic E-state index is 0.0196. The second-order valence-electron chi connectivity index (χ2n) is 4.97. The van der Waals surface area contributed by atoms with Gasteiger partial charge in [-0.1, -0.05) is 13.0 Å². The maximum Gasteiger partial charge on any atom is 0.240 e. The summed E-state index contributed by atoms with van der Waals surface area (Å²) in [5.41, 5.74) is 7.05. The molecule has 1 aliphatic carbocycles. The topological polar surface area (TPSA) is 98.2 Å². The van der Waals surface area contributed by atoms with Crippen molar-refractivity contribution < 1.29 is 8.42 Å². The summed E-state index contributed by atoms with van der Waals surface area (Å²) in [4.78, 5) is -0.0196. The number of rotatable bonds is 5. The Balaban J connectivity index is 2.19. The molecule has 0 heterocycles. The van der Waals surface area contributed by atoms with Crippen LogP contribution in [0.2, 0.25) is 0 Å². The first-order valence-corrected chi connectivity index (χ1v) is 7.58. The predicted octanol–water partition coefficient (Wildman–Crippen LogP) is 1.52. The first kappa shape index (κ1) is 13.2. The van der Waals surface area contributed by atoms with Crippen LogP contribution in [0, 0.1) is 5.41 Å². The van der Waals surface area contributed by atoms with E-state index in [1.54, 1.807) is 12.1 Å². The Morgan fingerprint density at radius 3 is 2.56 bits per heavy atom. The van der Waals surface area contributed by atoms with Crippen LogP contribution in [0.25, 0.3) is 0 Å². The van der Waals surface area contributed by atoms with Gasteiger partial charge in [0.05, 0.1) is 11.4 Å². The highest BCUT2D eigenvalue weighted by Gasteiger charge is 2.40. The van der Waals surface area contributed by atoms with Gasteiger partial charge in [-0.15, -0.1) is 0 Å². The fourth-order valence-corrected chi connectivity index (χ4v) is 2.75. The normalized spacial score (nSPS) is 17.4. The van der Waals surface area contributed by atoms with Crippen molar-refractivity contribution >= 4 is 21.4 Å². The average molecular weight is 269 g/mol. The van der Waals surface area contributed by atoms with Crippen LogP contribution < -0.4 is 16.2 Å². The van der Waals surface area contributed by atoms with Gasteiger partial charge >= 0.3 is 0 Å². The van der Waals surface area contributed by atoms with Crippen molar-refractivity contribution in [3.8, 4) is 0 Å². The number of hydrogen-bond donors (Lipinski definition) is 3. The summed E-state index contributed by atoms with van der Waals surface area (Å²) in [5, 5.41) is 8.35. The van der Waals surface area contributed by atoms with Crippen LogP contribution in [-0.4, -0.2) is 15.0 Å². The maximum absolute atomic E-state index is 11.3. The van der Waals surface area contributed by atoms with Crippen LogP contribution >= 0.6 is 0 Å². The molecule has 100 valence electrons. The van der Waals surface area contributed by atoms with E-state index in [9.17, 15) is 8.42 Å². The molecule has 0 spiro atoms. The van der Waals surface area contributed by atoms with Gasteiger partial charge in [0.1, 0.15) is 4.90 Å². The molecule has 0 saturated heterocycles. The Bertz CT molecular complexity index is 550. The van der Waals surface area contributed by atoms with Crippen molar-refractivity contribution in [2.75, 3.05) is 17.6 Å². The Morgan fingerprint density at radius 2 is 2.06 bits per heavy atom. The summed E-state index contributed by atoms with van der Waals surface area (Å²) in [7, 11) is -3.76. The van der Waals surface area contributed by atoms with Gasteiger partial charge in [-0.25, -0.2) is 13.6 Å². The maximum atomic E-state index is 11.3. The second-order valence-corrected chi connectivity index (χ2v) is 6.50. The predicted molar refractivity (Wildman–Crippen MR) is 72.7 cm³/mol. The molecular weight excluding hydrogens is 250 g/mol. The summed E-state index contributed by atoms with van der Waals surface area (Å²) in [6, 6.07) is 4.84. The SMILES string of the molecule is CCC1(CNc2cccc(S(N)(=O)=O)c2N)CC1. The number of sulfonamides is 1. The Labute approximate surface area is 108 Å². The van der Waals surface area contributed by atoms with Gasteiger partial charge in [0.2, 0.25) is 10.0 Å². The summed E-state index contributed by atoms with van der Waals surface area (Å²) in [6.45, 7) is 2.99. The number of hydrogen-bond acceptors (Lipinski definition) is 4. The third kappa shape index (κ3) is 2.59. The van der Waals surface area contributed by atoms with E-state index in [0.29, 0.717) is 11.1 Å². The van der Waals surface area contributed by atoms with Crippen LogP contribution in [0.15, 0.2) is 23.1 Å². The number of para-hydroxylation sites is 1. The minimum Gasteiger partial charge on any atom is -0.396 e. The van der Waals surface area contributed by atoms with Crippen molar-refractivity contribution in [1.29, 1.82) is 0 Å². The third-order valence-corrected chi connectivity index (χ3v) is 4.70. The number of nitrogens with two attached hydrogens (primary N) is 2. The quantitative estimate of drug-likeness (QED) is 0.706. The van der Waals surface area contributed by atoms with Gasteiger partial charge < -0.3 is 11.1 Å². The van der Waals surface area contributed by atoms with Gasteiger partial charge in [0, 0.05) is 6.54 Å². The molecule has 1 aromatic rings. The van der Waals surface area contributed by atoms with Crippen LogP contribution in [0.5, 0.6) is 0 Å². The lowest BCUT2D eigenvalue weighted by atomic mass is 10.0. The monoisotopic (exact) mass is 269 g/mol. The van der Waals surface area contributed by atoms with Crippen LogP contribution in [0.1, 0.15) is 26.2 Å². The van der Waals surface area contributed by atoms with Crippen LogP contribution in [-0.2, 0) is 10.0 Å². The molecule has 0 radical (unpaired) electrons. The van der Waals surface area contributed by atoms with Gasteiger partial charge in [0.25, 0.3) is 0 Å². The Hall–Kier alpha value is -1.27. The van der Waals surface area contributed by atoms with Gasteiger partial charge in [0.15, 0.2) is 0 Å². The number of primary sulfonamides is 1. The van der Waals surface area contributed by atoms with Crippen molar-refractivity contribution in [2.45, 2.75) is 31.1 Å². The molecule has 1 aromatic carbocycles. The molecule has 0 aromatic heterocycles. The second kappa shape index (κ2) is 4.44. The van der Waals surface area contributed by atoms with E-state index in [4.69, 9.17) is 10.9 Å². The van der Waals surface area contributed by atoms with E-state index < -0.39 is 10.0 Å². The largest absolute Gasteiger partial charge is 0.396 e. The molecule has 18 heavy (non-hydrogen) atoms. The lowest BCUT2D eigenvalue weighted by Crippen LogP contribution is -2.18. The molecular formula is C12H19N3O2S. The van der Waals surface area contributed by atoms with Crippen LogP contribution in [0.4, 0.5) is 11.4 Å². The minimum atomic E-state index is -3.76. The first-order chi connectivity index (χ1) is 8.38. The zero-order chi connectivity index (χ0) is 13.4. The highest BCUT2D eigenvalue weighted by atomic mass is 32.2. The van der Waals surface area contributed by atoms with E-state index in [1.165, 1.54) is 18.9 Å². The number of nitrogen functional groups attached to an aromatic ring is 1. The fourth-order valence-electron chi connectivity index (χ4n) is 2.06. The molecule has 5 nitrogen and oxygen atoms in total. The summed E-state index contributed by atoms with van der Waals surface area (Å²) < 4.78 is 22.7. The average Bonchev–Trinajstić information content (AvgIpc) is 3.07. The van der Waals surface area contributed by atoms with Crippen LogP contribution in [0.3, 0.4) is 0 Å². The summed E-state index contributed by atoms with van der Waals surface area (Å²) in [6.07, 6.45) is 3.55. The molecule has 1 aliphatic rings. The highest BCUT2D eigenvalue weighted by molar-refractivity contribution is 7.89. The molecule has 1 fully saturated rings. The van der Waals surface area contributed by atoms with E-state index in [2.05, 4.69) is 12.2 Å². The lowest BCUT2D eigenvalue weighted by Gasteiger charge is -2.16. The van der Waals surface area contributed by atoms with E-state index in [-0.39, 0.29) is 10.6 Å². The lowest BCUT2D eigenvalue weighted by molar-refractivity contribution is 0.521. The van der Waals surface area contributed by atoms with Crippen molar-refractivity contribution in [1.82, 2.24) is 0 Å². The molecule has 0 aliphatic heterocycles. The Morgan fingerprint density at radius 1 is 1.39 bits per heavy atom. The first-order valence-electron chi connectivity index (χ1n) is 6.03. The zero-order valence-electron chi connectivity index (χ0n) is 10.4. The molecule has 2 rings (SSSR count). The fraction of sp³-hybridized carbons (Fsp3) is 0.500. The van der Waals surface area contributed by atoms with Crippen molar-refractivity contribution in [2.24, 2.45) is 10.6 Å². The van der Waals surface area contributed by atoms with Gasteiger partial charge in [-0.05, 0) is 36.8 Å². The smallest absolute Gasteiger partial charge is 0.240 e. The van der Waals surface area contributed by atoms with Gasteiger partial charge in [-0.2, -0.15) is 0 Å². The molecule has 1 saturated carbocycles. The molecule has 6 heteroatoms.